The van der Waals surface area contributed by atoms with E-state index in [1.807, 2.05) is 13.8 Å². The summed E-state index contributed by atoms with van der Waals surface area (Å²) >= 11 is 0. The lowest BCUT2D eigenvalue weighted by molar-refractivity contribution is 0.214. The van der Waals surface area contributed by atoms with E-state index in [1.54, 1.807) is 30.3 Å². The van der Waals surface area contributed by atoms with Gasteiger partial charge in [-0.1, -0.05) is 24.3 Å². The van der Waals surface area contributed by atoms with Crippen molar-refractivity contribution in [2.24, 2.45) is 10.1 Å². The van der Waals surface area contributed by atoms with E-state index in [-0.39, 0.29) is 47.3 Å². The number of nitrogens with one attached hydrogen (secondary N) is 2. The maximum absolute atomic E-state index is 13.7. The summed E-state index contributed by atoms with van der Waals surface area (Å²) in [6.45, 7) is 5.06. The van der Waals surface area contributed by atoms with Crippen molar-refractivity contribution in [2.45, 2.75) is 31.4 Å². The molecule has 7 nitrogen and oxygen atoms in total. The van der Waals surface area contributed by atoms with Gasteiger partial charge in [-0.25, -0.2) is 22.9 Å². The zero-order chi connectivity index (χ0) is 20.6. The topological polar surface area (TPSA) is 106 Å². The third-order valence-corrected chi connectivity index (χ3v) is 4.62. The van der Waals surface area contributed by atoms with Gasteiger partial charge in [0.05, 0.1) is 18.0 Å². The smallest absolute Gasteiger partial charge is 0.238 e. The third-order valence-electron chi connectivity index (χ3n) is 3.71. The van der Waals surface area contributed by atoms with Gasteiger partial charge in [-0.05, 0) is 43.7 Å². The fraction of sp³-hybridized carbons (Fsp3) is 0.316. The lowest BCUT2D eigenvalue weighted by atomic mass is 10.2. The molecule has 2 rings (SSSR count). The summed E-state index contributed by atoms with van der Waals surface area (Å²) in [6, 6.07) is 12.5. The minimum atomic E-state index is -3.76. The number of aliphatic imine (C=N–C) groups is 1. The maximum atomic E-state index is 13.7. The molecule has 0 bridgehead atoms. The number of hydrogen-bond donors (Lipinski definition) is 3. The SMILES string of the molecule is CCNC(=NCc1cccc(S(N)(=O)=O)c1)NCC(C)Oc1ccccc1F.I. The molecule has 0 saturated heterocycles. The molecule has 2 aromatic carbocycles. The molecule has 0 heterocycles. The molecule has 0 radical (unpaired) electrons. The number of rotatable bonds is 8. The zero-order valence-corrected chi connectivity index (χ0v) is 19.4. The maximum Gasteiger partial charge on any atom is 0.238 e. The molecule has 1 unspecified atom stereocenters. The molecule has 160 valence electrons. The van der Waals surface area contributed by atoms with Crippen LogP contribution < -0.4 is 20.5 Å². The van der Waals surface area contributed by atoms with Gasteiger partial charge in [0.15, 0.2) is 17.5 Å². The van der Waals surface area contributed by atoms with Gasteiger partial charge < -0.3 is 15.4 Å². The Hall–Kier alpha value is -1.92. The van der Waals surface area contributed by atoms with E-state index < -0.39 is 15.8 Å². The van der Waals surface area contributed by atoms with Crippen LogP contribution in [-0.4, -0.2) is 33.6 Å². The quantitative estimate of drug-likeness (QED) is 0.273. The predicted octanol–water partition coefficient (Wildman–Crippen LogP) is 2.61. The Labute approximate surface area is 188 Å². The number of hydrogen-bond acceptors (Lipinski definition) is 4. The molecular formula is C19H26FIN4O3S. The first-order valence-corrected chi connectivity index (χ1v) is 10.4. The zero-order valence-electron chi connectivity index (χ0n) is 16.3. The molecule has 1 atom stereocenters. The number of nitrogens with zero attached hydrogens (tertiary/aromatic N) is 1. The third kappa shape index (κ3) is 8.54. The molecule has 0 amide bonds. The van der Waals surface area contributed by atoms with Crippen LogP contribution in [0, 0.1) is 5.82 Å². The van der Waals surface area contributed by atoms with Crippen LogP contribution in [0.4, 0.5) is 4.39 Å². The molecule has 0 aromatic heterocycles. The van der Waals surface area contributed by atoms with E-state index >= 15 is 0 Å². The van der Waals surface area contributed by atoms with Crippen LogP contribution in [0.1, 0.15) is 19.4 Å². The second kappa shape index (κ2) is 11.9. The number of halogens is 2. The Balaban J connectivity index is 0.00000420. The molecule has 0 fully saturated rings. The van der Waals surface area contributed by atoms with Crippen molar-refractivity contribution in [2.75, 3.05) is 13.1 Å². The van der Waals surface area contributed by atoms with Gasteiger partial charge in [0, 0.05) is 6.54 Å². The number of nitrogens with two attached hydrogens (primary N) is 1. The van der Waals surface area contributed by atoms with Crippen LogP contribution in [0.25, 0.3) is 0 Å². The average molecular weight is 536 g/mol. The Morgan fingerprint density at radius 3 is 2.59 bits per heavy atom. The number of sulfonamides is 1. The number of benzene rings is 2. The van der Waals surface area contributed by atoms with Crippen LogP contribution in [0.15, 0.2) is 58.4 Å². The summed E-state index contributed by atoms with van der Waals surface area (Å²) in [5, 5.41) is 11.4. The van der Waals surface area contributed by atoms with E-state index in [1.165, 1.54) is 18.2 Å². The van der Waals surface area contributed by atoms with Crippen molar-refractivity contribution in [3.05, 3.63) is 59.9 Å². The summed E-state index contributed by atoms with van der Waals surface area (Å²) in [5.41, 5.74) is 0.708. The van der Waals surface area contributed by atoms with Crippen molar-refractivity contribution in [3.63, 3.8) is 0 Å². The van der Waals surface area contributed by atoms with Crippen molar-refractivity contribution < 1.29 is 17.5 Å². The van der Waals surface area contributed by atoms with Gasteiger partial charge in [-0.3, -0.25) is 0 Å². The van der Waals surface area contributed by atoms with Crippen LogP contribution >= 0.6 is 24.0 Å². The van der Waals surface area contributed by atoms with Crippen molar-refractivity contribution >= 4 is 40.0 Å². The Kier molecular flexibility index (Phi) is 10.3. The highest BCUT2D eigenvalue weighted by Crippen LogP contribution is 2.16. The molecule has 0 spiro atoms. The number of guanidine groups is 1. The van der Waals surface area contributed by atoms with Gasteiger partial charge in [-0.2, -0.15) is 0 Å². The lowest BCUT2D eigenvalue weighted by Crippen LogP contribution is -2.41. The van der Waals surface area contributed by atoms with Crippen molar-refractivity contribution in [1.29, 1.82) is 0 Å². The highest BCUT2D eigenvalue weighted by molar-refractivity contribution is 14.0. The molecular weight excluding hydrogens is 510 g/mol. The van der Waals surface area contributed by atoms with Gasteiger partial charge >= 0.3 is 0 Å². The van der Waals surface area contributed by atoms with E-state index in [0.29, 0.717) is 24.6 Å². The molecule has 29 heavy (non-hydrogen) atoms. The summed E-state index contributed by atoms with van der Waals surface area (Å²) in [5.74, 6) is 0.315. The highest BCUT2D eigenvalue weighted by atomic mass is 127. The fourth-order valence-electron chi connectivity index (χ4n) is 2.37. The first-order chi connectivity index (χ1) is 13.3. The molecule has 0 aliphatic heterocycles. The van der Waals surface area contributed by atoms with Gasteiger partial charge in [0.2, 0.25) is 10.0 Å². The number of primary sulfonamides is 1. The summed E-state index contributed by atoms with van der Waals surface area (Å²) in [4.78, 5) is 4.48. The van der Waals surface area contributed by atoms with Crippen LogP contribution in [0.5, 0.6) is 5.75 Å². The molecule has 4 N–H and O–H groups in total. The summed E-state index contributed by atoms with van der Waals surface area (Å²) < 4.78 is 42.2. The summed E-state index contributed by atoms with van der Waals surface area (Å²) in [7, 11) is -3.76. The molecule has 2 aromatic rings. The first kappa shape index (κ1) is 25.1. The molecule has 10 heteroatoms. The van der Waals surface area contributed by atoms with Gasteiger partial charge in [0.1, 0.15) is 6.10 Å². The fourth-order valence-corrected chi connectivity index (χ4v) is 2.96. The molecule has 0 aliphatic carbocycles. The monoisotopic (exact) mass is 536 g/mol. The standard InChI is InChI=1S/C19H25FN4O3S.HI/c1-3-22-19(23-12-14(2)27-18-10-5-4-9-17(18)20)24-13-15-7-6-8-16(11-15)28(21,25)26;/h4-11,14H,3,12-13H2,1-2H3,(H2,21,25,26)(H2,22,23,24);1H. The van der Waals surface area contributed by atoms with Gasteiger partial charge in [-0.15, -0.1) is 24.0 Å². The Morgan fingerprint density at radius 2 is 1.93 bits per heavy atom. The minimum Gasteiger partial charge on any atom is -0.486 e. The van der Waals surface area contributed by atoms with E-state index in [2.05, 4.69) is 15.6 Å². The highest BCUT2D eigenvalue weighted by Gasteiger charge is 2.10. The van der Waals surface area contributed by atoms with Crippen LogP contribution in [-0.2, 0) is 16.6 Å². The van der Waals surface area contributed by atoms with E-state index in [9.17, 15) is 12.8 Å². The number of para-hydroxylation sites is 1. The largest absolute Gasteiger partial charge is 0.486 e. The first-order valence-electron chi connectivity index (χ1n) is 8.84. The molecule has 0 aliphatic rings. The lowest BCUT2D eigenvalue weighted by Gasteiger charge is -2.18. The van der Waals surface area contributed by atoms with Crippen LogP contribution in [0.3, 0.4) is 0 Å². The second-order valence-electron chi connectivity index (χ2n) is 6.13. The Bertz CT molecular complexity index is 925. The predicted molar refractivity (Wildman–Crippen MR) is 123 cm³/mol. The van der Waals surface area contributed by atoms with Crippen LogP contribution in [0.2, 0.25) is 0 Å². The normalized spacial score (nSPS) is 12.6. The summed E-state index contributed by atoms with van der Waals surface area (Å²) in [6.07, 6.45) is -0.300. The van der Waals surface area contributed by atoms with E-state index in [0.717, 1.165) is 0 Å². The number of ether oxygens (including phenoxy) is 1. The average Bonchev–Trinajstić information content (AvgIpc) is 2.65. The van der Waals surface area contributed by atoms with E-state index in [4.69, 9.17) is 9.88 Å². The van der Waals surface area contributed by atoms with Crippen molar-refractivity contribution in [1.82, 2.24) is 10.6 Å². The molecule has 0 saturated carbocycles. The minimum absolute atomic E-state index is 0. The Morgan fingerprint density at radius 1 is 1.21 bits per heavy atom. The second-order valence-corrected chi connectivity index (χ2v) is 7.69. The van der Waals surface area contributed by atoms with Crippen molar-refractivity contribution in [3.8, 4) is 5.75 Å². The van der Waals surface area contributed by atoms with Gasteiger partial charge in [0.25, 0.3) is 0 Å².